The molecule has 270 valence electrons. The number of amides is 1. The second-order valence-corrected chi connectivity index (χ2v) is 14.0. The standard InChI is InChI=1S/C20H16N4O.C19H15N3.CClNO3S.Na.H/c1-13-5-4-8-18(23-13)17-7-3-2-6-16(17)14-9-10-19-15(11-14)12-22-24(19)20(21)25;1-13-5-4-8-19(21-13)17-7-3-2-6-16(17)14-9-10-18-15(11-14)12-20-22-18;2-7(5,6)3-1-4;;/h2-12H,1H3,(H2,21,25);2-12H,1H3,(H,20,22);;;/q;;;+1;-1. The van der Waals surface area contributed by atoms with Crippen molar-refractivity contribution in [3.63, 3.8) is 0 Å². The molecule has 0 unspecified atom stereocenters. The number of nitrogens with zero attached hydrogens (tertiary/aromatic N) is 6. The van der Waals surface area contributed by atoms with E-state index in [0.717, 1.165) is 67.4 Å². The van der Waals surface area contributed by atoms with Gasteiger partial charge in [-0.1, -0.05) is 77.2 Å². The Labute approximate surface area is 344 Å². The van der Waals surface area contributed by atoms with E-state index in [9.17, 15) is 13.2 Å². The molecule has 4 aromatic carbocycles. The van der Waals surface area contributed by atoms with Gasteiger partial charge in [0.2, 0.25) is 0 Å². The molecule has 1 amide bonds. The summed E-state index contributed by atoms with van der Waals surface area (Å²) in [5.74, 6) is 0. The number of benzene rings is 4. The van der Waals surface area contributed by atoms with Gasteiger partial charge in [-0.3, -0.25) is 15.1 Å². The van der Waals surface area contributed by atoms with Crippen LogP contribution in [0.2, 0.25) is 0 Å². The first-order valence-corrected chi connectivity index (χ1v) is 18.6. The number of fused-ring (bicyclic) bond motifs is 2. The molecule has 0 bridgehead atoms. The van der Waals surface area contributed by atoms with Crippen LogP contribution in [0.4, 0.5) is 4.79 Å². The van der Waals surface area contributed by atoms with Crippen molar-refractivity contribution < 1.29 is 49.0 Å². The van der Waals surface area contributed by atoms with Gasteiger partial charge < -0.3 is 7.16 Å². The maximum absolute atomic E-state index is 11.4. The number of nitrogens with one attached hydrogen (secondary N) is 1. The molecule has 8 aromatic rings. The molecule has 0 fully saturated rings. The summed E-state index contributed by atoms with van der Waals surface area (Å²) in [4.78, 5) is 29.8. The van der Waals surface area contributed by atoms with Gasteiger partial charge in [0.15, 0.2) is 0 Å². The second-order valence-electron chi connectivity index (χ2n) is 11.9. The maximum Gasteiger partial charge on any atom is 1.00 e. The first-order chi connectivity index (χ1) is 26.0. The summed E-state index contributed by atoms with van der Waals surface area (Å²) in [6, 6.07) is 40.3. The molecule has 0 aliphatic rings. The van der Waals surface area contributed by atoms with E-state index in [4.69, 9.17) is 10.5 Å². The predicted octanol–water partition coefficient (Wildman–Crippen LogP) is 5.52. The fraction of sp³-hybridized carbons (Fsp3) is 0.0500. The molecule has 3 N–H and O–H groups in total. The van der Waals surface area contributed by atoms with Crippen LogP contribution in [0.25, 0.3) is 66.6 Å². The Bertz CT molecular complexity index is 2810. The van der Waals surface area contributed by atoms with Crippen molar-refractivity contribution in [1.82, 2.24) is 29.9 Å². The van der Waals surface area contributed by atoms with E-state index in [1.165, 1.54) is 15.8 Å². The number of hydrogen-bond acceptors (Lipinski definition) is 8. The third kappa shape index (κ3) is 10.0. The third-order valence-electron chi connectivity index (χ3n) is 8.17. The van der Waals surface area contributed by atoms with Crippen molar-refractivity contribution in [3.05, 3.63) is 145 Å². The number of aromatic nitrogens is 6. The van der Waals surface area contributed by atoms with E-state index in [0.29, 0.717) is 5.52 Å². The van der Waals surface area contributed by atoms with E-state index < -0.39 is 15.3 Å². The Morgan fingerprint density at radius 3 is 1.76 bits per heavy atom. The van der Waals surface area contributed by atoms with E-state index in [1.807, 2.05) is 80.7 Å². The Morgan fingerprint density at radius 2 is 1.27 bits per heavy atom. The van der Waals surface area contributed by atoms with Gasteiger partial charge in [0.25, 0.3) is 6.08 Å². The van der Waals surface area contributed by atoms with Gasteiger partial charge in [-0.2, -0.15) is 23.3 Å². The molecule has 0 spiro atoms. The van der Waals surface area contributed by atoms with Crippen LogP contribution in [0.3, 0.4) is 0 Å². The minimum atomic E-state index is -4.00. The number of rotatable bonds is 5. The monoisotopic (exact) mass is 778 g/mol. The van der Waals surface area contributed by atoms with Crippen molar-refractivity contribution in [3.8, 4) is 44.8 Å². The fourth-order valence-electron chi connectivity index (χ4n) is 5.83. The topological polar surface area (TPSA) is 179 Å². The molecule has 0 aliphatic carbocycles. The van der Waals surface area contributed by atoms with Crippen LogP contribution in [0, 0.1) is 13.8 Å². The van der Waals surface area contributed by atoms with Crippen molar-refractivity contribution in [2.24, 2.45) is 10.1 Å². The number of carbonyl (C=O) groups is 1. The van der Waals surface area contributed by atoms with Crippen molar-refractivity contribution in [2.75, 3.05) is 0 Å². The Balaban J connectivity index is 0.000000208. The molecular formula is C40H32ClN8NaO4S. The Morgan fingerprint density at radius 1 is 0.745 bits per heavy atom. The van der Waals surface area contributed by atoms with Gasteiger partial charge in [-0.05, 0) is 84.6 Å². The molecule has 0 saturated carbocycles. The molecule has 8 rings (SSSR count). The van der Waals surface area contributed by atoms with Gasteiger partial charge in [0.1, 0.15) is 0 Å². The summed E-state index contributed by atoms with van der Waals surface area (Å²) in [6.07, 6.45) is 4.27. The maximum atomic E-state index is 11.4. The van der Waals surface area contributed by atoms with Crippen LogP contribution in [-0.2, 0) is 14.0 Å². The van der Waals surface area contributed by atoms with Gasteiger partial charge in [-0.15, -0.1) is 0 Å². The average Bonchev–Trinajstić information content (AvgIpc) is 3.82. The summed E-state index contributed by atoms with van der Waals surface area (Å²) >= 11 is 0. The fourth-order valence-corrected chi connectivity index (χ4v) is 6.01. The minimum Gasteiger partial charge on any atom is -1.00 e. The number of primary amides is 1. The first-order valence-electron chi connectivity index (χ1n) is 16.3. The summed E-state index contributed by atoms with van der Waals surface area (Å²) in [5, 5.41) is 13.1. The Hall–Kier alpha value is -5.79. The van der Waals surface area contributed by atoms with Crippen LogP contribution in [0.1, 0.15) is 12.8 Å². The summed E-state index contributed by atoms with van der Waals surface area (Å²) in [5.41, 5.74) is 17.7. The van der Waals surface area contributed by atoms with E-state index in [2.05, 4.69) is 101 Å². The number of isocyanates is 1. The van der Waals surface area contributed by atoms with Gasteiger partial charge in [0.05, 0.1) is 34.8 Å². The van der Waals surface area contributed by atoms with E-state index >= 15 is 0 Å². The van der Waals surface area contributed by atoms with Crippen LogP contribution < -0.4 is 35.3 Å². The Kier molecular flexibility index (Phi) is 13.2. The van der Waals surface area contributed by atoms with Crippen molar-refractivity contribution in [2.45, 2.75) is 13.8 Å². The normalized spacial score (nSPS) is 10.6. The van der Waals surface area contributed by atoms with E-state index in [1.54, 1.807) is 6.20 Å². The third-order valence-corrected chi connectivity index (χ3v) is 8.67. The molecular weight excluding hydrogens is 747 g/mol. The van der Waals surface area contributed by atoms with Crippen LogP contribution >= 0.6 is 10.7 Å². The molecule has 4 aromatic heterocycles. The molecule has 0 radical (unpaired) electrons. The average molecular weight is 779 g/mol. The predicted molar refractivity (Wildman–Crippen MR) is 212 cm³/mol. The minimum absolute atomic E-state index is 0. The number of hydrogen-bond donors (Lipinski definition) is 2. The van der Waals surface area contributed by atoms with Crippen LogP contribution in [0.15, 0.2) is 138 Å². The molecule has 15 heteroatoms. The van der Waals surface area contributed by atoms with E-state index in [-0.39, 0.29) is 31.0 Å². The number of H-pyrrole nitrogens is 1. The van der Waals surface area contributed by atoms with Crippen molar-refractivity contribution >= 4 is 53.8 Å². The molecule has 0 atom stereocenters. The zero-order valence-electron chi connectivity index (χ0n) is 30.9. The molecule has 0 aliphatic heterocycles. The summed E-state index contributed by atoms with van der Waals surface area (Å²) < 4.78 is 22.5. The molecule has 0 saturated heterocycles. The first kappa shape index (κ1) is 40.4. The quantitative estimate of drug-likeness (QED) is 0.0992. The number of pyridine rings is 2. The number of nitrogens with two attached hydrogens (primary N) is 1. The zero-order valence-corrected chi connectivity index (χ0v) is 33.5. The van der Waals surface area contributed by atoms with Crippen molar-refractivity contribution in [1.29, 1.82) is 0 Å². The smallest absolute Gasteiger partial charge is 1.00 e. The number of aryl methyl sites for hydroxylation is 2. The SMILES string of the molecule is Cc1cccc(-c2ccccc2-c2ccc3[nH]ncc3c2)n1.Cc1cccc(-c2ccccc2-c2ccc3c(cnn3C(N)=O)c2)n1.O=C=NS(=O)(=O)Cl.[H-].[Na+]. The summed E-state index contributed by atoms with van der Waals surface area (Å²) in [6.45, 7) is 4.00. The van der Waals surface area contributed by atoms with Gasteiger partial charge in [-0.25, -0.2) is 9.59 Å². The zero-order chi connectivity index (χ0) is 38.2. The number of aromatic amines is 1. The summed E-state index contributed by atoms with van der Waals surface area (Å²) in [7, 11) is 0.376. The number of halogens is 1. The van der Waals surface area contributed by atoms with Gasteiger partial charge >= 0.3 is 44.8 Å². The van der Waals surface area contributed by atoms with Crippen LogP contribution in [0.5, 0.6) is 0 Å². The number of carbonyl (C=O) groups excluding carboxylic acids is 2. The molecule has 12 nitrogen and oxygen atoms in total. The largest absolute Gasteiger partial charge is 1.00 e. The molecule has 55 heavy (non-hydrogen) atoms. The molecule has 4 heterocycles. The van der Waals surface area contributed by atoms with Crippen LogP contribution in [-0.4, -0.2) is 50.5 Å². The second kappa shape index (κ2) is 18.0. The van der Waals surface area contributed by atoms with Gasteiger partial charge in [0, 0.05) is 44.0 Å².